The van der Waals surface area contributed by atoms with Crippen LogP contribution in [0.1, 0.15) is 15.9 Å². The van der Waals surface area contributed by atoms with Crippen LogP contribution < -0.4 is 15.5 Å². The van der Waals surface area contributed by atoms with E-state index in [1.807, 2.05) is 19.1 Å². The Morgan fingerprint density at radius 2 is 1.62 bits per heavy atom. The Morgan fingerprint density at radius 1 is 1.03 bits per heavy atom. The van der Waals surface area contributed by atoms with Crippen molar-refractivity contribution >= 4 is 38.9 Å². The van der Waals surface area contributed by atoms with E-state index >= 15 is 0 Å². The van der Waals surface area contributed by atoms with Crippen LogP contribution >= 0.6 is 12.2 Å². The van der Waals surface area contributed by atoms with Gasteiger partial charge in [-0.2, -0.15) is 4.31 Å². The molecule has 7 nitrogen and oxygen atoms in total. The minimum atomic E-state index is -3.50. The minimum Gasteiger partial charge on any atom is -0.335 e. The molecule has 1 heterocycles. The van der Waals surface area contributed by atoms with Crippen molar-refractivity contribution in [2.45, 2.75) is 11.8 Å². The largest absolute Gasteiger partial charge is 0.335 e. The maximum absolute atomic E-state index is 12.8. The van der Waals surface area contributed by atoms with Crippen LogP contribution in [0.4, 0.5) is 5.69 Å². The number of benzene rings is 2. The lowest BCUT2D eigenvalue weighted by Crippen LogP contribution is -3.12. The van der Waals surface area contributed by atoms with E-state index < -0.39 is 10.0 Å². The lowest BCUT2D eigenvalue weighted by atomic mass is 10.1. The molecule has 1 saturated heterocycles. The van der Waals surface area contributed by atoms with Gasteiger partial charge in [0.15, 0.2) is 5.11 Å². The van der Waals surface area contributed by atoms with Gasteiger partial charge in [-0.1, -0.05) is 17.7 Å². The van der Waals surface area contributed by atoms with Crippen LogP contribution in [0.5, 0.6) is 0 Å². The number of quaternary nitrogens is 1. The smallest absolute Gasteiger partial charge is 0.257 e. The van der Waals surface area contributed by atoms with Gasteiger partial charge in [0.2, 0.25) is 10.0 Å². The molecule has 1 aliphatic rings. The van der Waals surface area contributed by atoms with Gasteiger partial charge in [0.25, 0.3) is 5.91 Å². The summed E-state index contributed by atoms with van der Waals surface area (Å²) in [5.74, 6) is -0.307. The van der Waals surface area contributed by atoms with E-state index in [1.54, 1.807) is 36.4 Å². The highest BCUT2D eigenvalue weighted by molar-refractivity contribution is 7.89. The first-order valence-electron chi connectivity index (χ1n) is 9.36. The van der Waals surface area contributed by atoms with Crippen LogP contribution in [0.3, 0.4) is 0 Å². The van der Waals surface area contributed by atoms with Crippen molar-refractivity contribution in [2.75, 3.05) is 38.5 Å². The SMILES string of the molecule is Cc1ccc(C(=O)NC(=S)Nc2ccc(S(=O)(=O)N3CC[NH+](C)CC3)cc2)cc1. The summed E-state index contributed by atoms with van der Waals surface area (Å²) in [5, 5.41) is 5.67. The van der Waals surface area contributed by atoms with Gasteiger partial charge >= 0.3 is 0 Å². The number of hydrogen-bond acceptors (Lipinski definition) is 4. The molecule has 0 radical (unpaired) electrons. The Kier molecular flexibility index (Phi) is 6.63. The number of hydrogen-bond donors (Lipinski definition) is 3. The molecule has 29 heavy (non-hydrogen) atoms. The van der Waals surface area contributed by atoms with E-state index in [1.165, 1.54) is 9.21 Å². The summed E-state index contributed by atoms with van der Waals surface area (Å²) in [6.07, 6.45) is 0. The van der Waals surface area contributed by atoms with E-state index in [-0.39, 0.29) is 15.9 Å². The first kappa shape index (κ1) is 21.4. The molecular weight excluding hydrogens is 408 g/mol. The average molecular weight is 434 g/mol. The summed E-state index contributed by atoms with van der Waals surface area (Å²) >= 11 is 5.19. The predicted molar refractivity (Wildman–Crippen MR) is 117 cm³/mol. The van der Waals surface area contributed by atoms with Gasteiger partial charge in [-0.05, 0) is 55.5 Å². The Balaban J connectivity index is 1.60. The number of sulfonamides is 1. The van der Waals surface area contributed by atoms with Crippen molar-refractivity contribution in [3.05, 3.63) is 59.7 Å². The normalized spacial score (nSPS) is 15.7. The van der Waals surface area contributed by atoms with Crippen molar-refractivity contribution < 1.29 is 18.1 Å². The quantitative estimate of drug-likeness (QED) is 0.617. The molecule has 0 aromatic heterocycles. The topological polar surface area (TPSA) is 83.0 Å². The van der Waals surface area contributed by atoms with Crippen molar-refractivity contribution in [1.82, 2.24) is 9.62 Å². The van der Waals surface area contributed by atoms with E-state index in [4.69, 9.17) is 12.2 Å². The molecule has 1 amide bonds. The first-order valence-corrected chi connectivity index (χ1v) is 11.2. The second-order valence-corrected chi connectivity index (χ2v) is 9.51. The molecule has 0 atom stereocenters. The van der Waals surface area contributed by atoms with Crippen LogP contribution in [0.15, 0.2) is 53.4 Å². The first-order chi connectivity index (χ1) is 13.8. The van der Waals surface area contributed by atoms with Crippen molar-refractivity contribution in [1.29, 1.82) is 0 Å². The zero-order chi connectivity index (χ0) is 21.0. The molecule has 154 valence electrons. The summed E-state index contributed by atoms with van der Waals surface area (Å²) < 4.78 is 27.1. The van der Waals surface area contributed by atoms with Gasteiger partial charge in [0.1, 0.15) is 0 Å². The molecule has 2 aromatic carbocycles. The summed E-state index contributed by atoms with van der Waals surface area (Å²) in [6.45, 7) is 4.58. The number of carbonyl (C=O) groups is 1. The maximum atomic E-state index is 12.8. The molecule has 1 aliphatic heterocycles. The van der Waals surface area contributed by atoms with Crippen LogP contribution in [0, 0.1) is 6.92 Å². The number of amides is 1. The standard InChI is InChI=1S/C20H24N4O3S2/c1-15-3-5-16(6-4-15)19(25)22-20(28)21-17-7-9-18(10-8-17)29(26,27)24-13-11-23(2)12-14-24/h3-10H,11-14H2,1-2H3,(H2,21,22,25,28)/p+1. The third-order valence-corrected chi connectivity index (χ3v) is 6.98. The predicted octanol–water partition coefficient (Wildman–Crippen LogP) is 0.641. The molecule has 0 spiro atoms. The maximum Gasteiger partial charge on any atom is 0.257 e. The fourth-order valence-corrected chi connectivity index (χ4v) is 4.66. The van der Waals surface area contributed by atoms with Crippen molar-refractivity contribution in [2.24, 2.45) is 0 Å². The molecule has 9 heteroatoms. The number of nitrogens with one attached hydrogen (secondary N) is 3. The number of anilines is 1. The van der Waals surface area contributed by atoms with Crippen LogP contribution in [-0.2, 0) is 10.0 Å². The van der Waals surface area contributed by atoms with Crippen molar-refractivity contribution in [3.8, 4) is 0 Å². The van der Waals surface area contributed by atoms with Crippen LogP contribution in [0.2, 0.25) is 0 Å². The van der Waals surface area contributed by atoms with Gasteiger partial charge in [0, 0.05) is 11.3 Å². The Labute approximate surface area is 176 Å². The minimum absolute atomic E-state index is 0.147. The molecule has 2 aromatic rings. The lowest BCUT2D eigenvalue weighted by molar-refractivity contribution is -0.883. The zero-order valence-electron chi connectivity index (χ0n) is 16.4. The molecule has 3 N–H and O–H groups in total. The summed E-state index contributed by atoms with van der Waals surface area (Å²) in [7, 11) is -1.44. The third-order valence-electron chi connectivity index (χ3n) is 4.87. The number of thiocarbonyl (C=S) groups is 1. The summed E-state index contributed by atoms with van der Waals surface area (Å²) in [4.78, 5) is 13.8. The third kappa shape index (κ3) is 5.39. The van der Waals surface area contributed by atoms with E-state index in [9.17, 15) is 13.2 Å². The fourth-order valence-electron chi connectivity index (χ4n) is 3.01. The Morgan fingerprint density at radius 3 is 2.21 bits per heavy atom. The fraction of sp³-hybridized carbons (Fsp3) is 0.300. The van der Waals surface area contributed by atoms with Crippen LogP contribution in [-0.4, -0.2) is 57.0 Å². The van der Waals surface area contributed by atoms with Gasteiger partial charge in [-0.3, -0.25) is 10.1 Å². The van der Waals surface area contributed by atoms with Crippen LogP contribution in [0.25, 0.3) is 0 Å². The van der Waals surface area contributed by atoms with E-state index in [2.05, 4.69) is 17.7 Å². The number of piperazine rings is 1. The summed E-state index contributed by atoms with van der Waals surface area (Å²) in [6, 6.07) is 13.5. The molecule has 0 unspecified atom stereocenters. The molecule has 0 bridgehead atoms. The highest BCUT2D eigenvalue weighted by Crippen LogP contribution is 2.18. The number of likely N-dealkylation sites (N-methyl/N-ethyl adjacent to an activating group) is 1. The highest BCUT2D eigenvalue weighted by atomic mass is 32.2. The number of aryl methyl sites for hydroxylation is 1. The second-order valence-electron chi connectivity index (χ2n) is 7.16. The zero-order valence-corrected chi connectivity index (χ0v) is 18.1. The summed E-state index contributed by atoms with van der Waals surface area (Å²) in [5.41, 5.74) is 2.17. The van der Waals surface area contributed by atoms with Gasteiger partial charge in [0.05, 0.1) is 38.1 Å². The highest BCUT2D eigenvalue weighted by Gasteiger charge is 2.28. The Hall–Kier alpha value is -2.33. The monoisotopic (exact) mass is 433 g/mol. The number of rotatable bonds is 4. The number of nitrogens with zero attached hydrogens (tertiary/aromatic N) is 1. The van der Waals surface area contributed by atoms with E-state index in [0.717, 1.165) is 18.7 Å². The molecule has 0 aliphatic carbocycles. The Bertz CT molecular complexity index is 981. The number of carbonyl (C=O) groups excluding carboxylic acids is 1. The van der Waals surface area contributed by atoms with Gasteiger partial charge in [-0.25, -0.2) is 8.42 Å². The molecule has 0 saturated carbocycles. The van der Waals surface area contributed by atoms with E-state index in [0.29, 0.717) is 24.3 Å². The molecule has 3 rings (SSSR count). The van der Waals surface area contributed by atoms with Gasteiger partial charge < -0.3 is 10.2 Å². The average Bonchev–Trinajstić information content (AvgIpc) is 2.69. The lowest BCUT2D eigenvalue weighted by Gasteiger charge is -2.29. The molecule has 1 fully saturated rings. The van der Waals surface area contributed by atoms with Crippen molar-refractivity contribution in [3.63, 3.8) is 0 Å². The van der Waals surface area contributed by atoms with Gasteiger partial charge in [-0.15, -0.1) is 0 Å². The molecular formula is C20H25N4O3S2+. The second kappa shape index (κ2) is 9.00.